The first kappa shape index (κ1) is 15.5. The van der Waals surface area contributed by atoms with Crippen LogP contribution in [0.5, 0.6) is 0 Å². The Morgan fingerprint density at radius 1 is 1.52 bits per heavy atom. The van der Waals surface area contributed by atoms with E-state index in [1.54, 1.807) is 0 Å². The standard InChI is InChI=1S/C14H21N3O4/c1-9-6-10(2)17(15-9)11(3)7-13(18)16-4-5-21-8-12(16)14(19)20/h6,11-12H,4-5,7-8H2,1-3H3,(H,19,20). The Kier molecular flexibility index (Phi) is 4.62. The van der Waals surface area contributed by atoms with Crippen molar-refractivity contribution >= 4 is 11.9 Å². The Morgan fingerprint density at radius 2 is 2.24 bits per heavy atom. The second-order valence-corrected chi connectivity index (χ2v) is 5.44. The van der Waals surface area contributed by atoms with E-state index in [-0.39, 0.29) is 25.0 Å². The number of aromatic nitrogens is 2. The van der Waals surface area contributed by atoms with Gasteiger partial charge < -0.3 is 14.7 Å². The fraction of sp³-hybridized carbons (Fsp3) is 0.643. The highest BCUT2D eigenvalue weighted by Gasteiger charge is 2.33. The van der Waals surface area contributed by atoms with Crippen LogP contribution < -0.4 is 0 Å². The molecule has 7 nitrogen and oxygen atoms in total. The maximum absolute atomic E-state index is 12.4. The molecular weight excluding hydrogens is 274 g/mol. The third-order valence-electron chi connectivity index (χ3n) is 3.67. The molecule has 1 aliphatic heterocycles. The number of carbonyl (C=O) groups excluding carboxylic acids is 1. The van der Waals surface area contributed by atoms with Crippen molar-refractivity contribution in [3.63, 3.8) is 0 Å². The summed E-state index contributed by atoms with van der Waals surface area (Å²) in [5, 5.41) is 13.5. The average molecular weight is 295 g/mol. The van der Waals surface area contributed by atoms with Crippen molar-refractivity contribution in [3.8, 4) is 0 Å². The third-order valence-corrected chi connectivity index (χ3v) is 3.67. The quantitative estimate of drug-likeness (QED) is 0.886. The zero-order chi connectivity index (χ0) is 15.6. The summed E-state index contributed by atoms with van der Waals surface area (Å²) >= 11 is 0. The molecule has 0 aromatic carbocycles. The number of ether oxygens (including phenoxy) is 1. The molecule has 0 spiro atoms. The van der Waals surface area contributed by atoms with Crippen LogP contribution in [0.1, 0.15) is 30.8 Å². The van der Waals surface area contributed by atoms with E-state index in [9.17, 15) is 9.59 Å². The van der Waals surface area contributed by atoms with Gasteiger partial charge in [-0.05, 0) is 26.8 Å². The summed E-state index contributed by atoms with van der Waals surface area (Å²) in [5.74, 6) is -1.20. The highest BCUT2D eigenvalue weighted by Crippen LogP contribution is 2.18. The number of nitrogens with zero attached hydrogens (tertiary/aromatic N) is 3. The smallest absolute Gasteiger partial charge is 0.328 e. The Labute approximate surface area is 123 Å². The first-order valence-corrected chi connectivity index (χ1v) is 7.03. The van der Waals surface area contributed by atoms with Crippen molar-refractivity contribution in [2.75, 3.05) is 19.8 Å². The molecule has 0 saturated carbocycles. The first-order chi connectivity index (χ1) is 9.90. The minimum Gasteiger partial charge on any atom is -0.480 e. The lowest BCUT2D eigenvalue weighted by molar-refractivity contribution is -0.158. The number of amides is 1. The lowest BCUT2D eigenvalue weighted by Crippen LogP contribution is -2.52. The number of hydrogen-bond acceptors (Lipinski definition) is 4. The summed E-state index contributed by atoms with van der Waals surface area (Å²) in [6.07, 6.45) is 0.228. The number of carbonyl (C=O) groups is 2. The molecule has 1 N–H and O–H groups in total. The normalized spacial score (nSPS) is 20.3. The molecule has 0 radical (unpaired) electrons. The lowest BCUT2D eigenvalue weighted by atomic mass is 10.1. The van der Waals surface area contributed by atoms with E-state index in [2.05, 4.69) is 5.10 Å². The molecule has 2 unspecified atom stereocenters. The summed E-state index contributed by atoms with van der Waals surface area (Å²) in [4.78, 5) is 25.0. The highest BCUT2D eigenvalue weighted by atomic mass is 16.5. The highest BCUT2D eigenvalue weighted by molar-refractivity contribution is 5.84. The van der Waals surface area contributed by atoms with Crippen LogP contribution in [0.4, 0.5) is 0 Å². The van der Waals surface area contributed by atoms with Crippen molar-refractivity contribution in [1.29, 1.82) is 0 Å². The van der Waals surface area contributed by atoms with Crippen molar-refractivity contribution in [2.45, 2.75) is 39.3 Å². The molecule has 1 aromatic heterocycles. The molecule has 1 aromatic rings. The van der Waals surface area contributed by atoms with Crippen LogP contribution in [-0.2, 0) is 14.3 Å². The maximum atomic E-state index is 12.4. The van der Waals surface area contributed by atoms with E-state index in [0.29, 0.717) is 13.2 Å². The SMILES string of the molecule is Cc1cc(C)n(C(C)CC(=O)N2CCOCC2C(=O)O)n1. The number of aryl methyl sites for hydroxylation is 2. The van der Waals surface area contributed by atoms with Crippen LogP contribution in [-0.4, -0.2) is 57.5 Å². The van der Waals surface area contributed by atoms with E-state index in [4.69, 9.17) is 9.84 Å². The number of morpholine rings is 1. The Morgan fingerprint density at radius 3 is 2.81 bits per heavy atom. The van der Waals surface area contributed by atoms with Gasteiger partial charge >= 0.3 is 5.97 Å². The van der Waals surface area contributed by atoms with Gasteiger partial charge in [-0.2, -0.15) is 5.10 Å². The first-order valence-electron chi connectivity index (χ1n) is 7.03. The van der Waals surface area contributed by atoms with Gasteiger partial charge in [-0.3, -0.25) is 9.48 Å². The molecule has 0 bridgehead atoms. The van der Waals surface area contributed by atoms with Gasteiger partial charge in [0.2, 0.25) is 5.91 Å². The molecule has 2 rings (SSSR count). The Hall–Kier alpha value is -1.89. The summed E-state index contributed by atoms with van der Waals surface area (Å²) < 4.78 is 6.95. The monoisotopic (exact) mass is 295 g/mol. The van der Waals surface area contributed by atoms with Crippen molar-refractivity contribution < 1.29 is 19.4 Å². The number of carboxylic acid groups (broad SMARTS) is 1. The van der Waals surface area contributed by atoms with Crippen LogP contribution in [0.25, 0.3) is 0 Å². The van der Waals surface area contributed by atoms with Gasteiger partial charge in [-0.25, -0.2) is 4.79 Å². The molecule has 1 amide bonds. The topological polar surface area (TPSA) is 84.7 Å². The van der Waals surface area contributed by atoms with Crippen molar-refractivity contribution in [1.82, 2.24) is 14.7 Å². The van der Waals surface area contributed by atoms with Crippen molar-refractivity contribution in [2.24, 2.45) is 0 Å². The minimum atomic E-state index is -1.03. The Balaban J connectivity index is 2.06. The number of aliphatic carboxylic acids is 1. The summed E-state index contributed by atoms with van der Waals surface area (Å²) in [5.41, 5.74) is 1.89. The van der Waals surface area contributed by atoms with E-state index < -0.39 is 12.0 Å². The molecule has 2 atom stereocenters. The molecule has 1 fully saturated rings. The van der Waals surface area contributed by atoms with E-state index in [1.165, 1.54) is 4.90 Å². The van der Waals surface area contributed by atoms with Gasteiger partial charge in [0.1, 0.15) is 0 Å². The van der Waals surface area contributed by atoms with Crippen LogP contribution in [0, 0.1) is 13.8 Å². The summed E-state index contributed by atoms with van der Waals surface area (Å²) in [6.45, 7) is 6.50. The van der Waals surface area contributed by atoms with Crippen molar-refractivity contribution in [3.05, 3.63) is 17.5 Å². The largest absolute Gasteiger partial charge is 0.480 e. The lowest BCUT2D eigenvalue weighted by Gasteiger charge is -2.33. The average Bonchev–Trinajstić information content (AvgIpc) is 2.77. The van der Waals surface area contributed by atoms with Gasteiger partial charge in [-0.15, -0.1) is 0 Å². The van der Waals surface area contributed by atoms with Crippen LogP contribution in [0.15, 0.2) is 6.07 Å². The predicted molar refractivity (Wildman–Crippen MR) is 75.0 cm³/mol. The van der Waals surface area contributed by atoms with Gasteiger partial charge in [0, 0.05) is 18.7 Å². The van der Waals surface area contributed by atoms with E-state index >= 15 is 0 Å². The van der Waals surface area contributed by atoms with Gasteiger partial charge in [0.25, 0.3) is 0 Å². The summed E-state index contributed by atoms with van der Waals surface area (Å²) in [6, 6.07) is 0.956. The molecular formula is C14H21N3O4. The van der Waals surface area contributed by atoms with Crippen LogP contribution >= 0.6 is 0 Å². The number of carboxylic acids is 1. The molecule has 1 saturated heterocycles. The van der Waals surface area contributed by atoms with E-state index in [0.717, 1.165) is 11.4 Å². The van der Waals surface area contributed by atoms with Crippen LogP contribution in [0.2, 0.25) is 0 Å². The summed E-state index contributed by atoms with van der Waals surface area (Å²) in [7, 11) is 0. The van der Waals surface area contributed by atoms with Crippen LogP contribution in [0.3, 0.4) is 0 Å². The fourth-order valence-electron chi connectivity index (χ4n) is 2.66. The molecule has 116 valence electrons. The molecule has 7 heteroatoms. The molecule has 1 aliphatic rings. The minimum absolute atomic E-state index is 0.0510. The number of hydrogen-bond donors (Lipinski definition) is 1. The van der Waals surface area contributed by atoms with Gasteiger partial charge in [0.15, 0.2) is 6.04 Å². The molecule has 0 aliphatic carbocycles. The second kappa shape index (κ2) is 6.26. The van der Waals surface area contributed by atoms with Gasteiger partial charge in [0.05, 0.1) is 24.9 Å². The second-order valence-electron chi connectivity index (χ2n) is 5.44. The Bertz CT molecular complexity index is 540. The van der Waals surface area contributed by atoms with Gasteiger partial charge in [-0.1, -0.05) is 0 Å². The zero-order valence-corrected chi connectivity index (χ0v) is 12.6. The molecule has 21 heavy (non-hydrogen) atoms. The fourth-order valence-corrected chi connectivity index (χ4v) is 2.66. The third kappa shape index (κ3) is 3.41. The predicted octanol–water partition coefficient (Wildman–Crippen LogP) is 0.763. The molecule has 2 heterocycles. The maximum Gasteiger partial charge on any atom is 0.328 e. The van der Waals surface area contributed by atoms with E-state index in [1.807, 2.05) is 31.5 Å². The zero-order valence-electron chi connectivity index (χ0n) is 12.6. The number of rotatable bonds is 4.